The fourth-order valence-electron chi connectivity index (χ4n) is 4.18. The molecule has 1 aliphatic rings. The Kier molecular flexibility index (Phi) is 7.46. The summed E-state index contributed by atoms with van der Waals surface area (Å²) in [5.41, 5.74) is 4.80. The van der Waals surface area contributed by atoms with E-state index in [1.807, 2.05) is 30.3 Å². The summed E-state index contributed by atoms with van der Waals surface area (Å²) >= 11 is 0. The number of fused-ring (bicyclic) bond motifs is 1. The molecule has 37 heavy (non-hydrogen) atoms. The molecule has 5 rings (SSSR count). The Morgan fingerprint density at radius 3 is 2.43 bits per heavy atom. The molecule has 190 valence electrons. The zero-order chi connectivity index (χ0) is 25.6. The van der Waals surface area contributed by atoms with E-state index in [9.17, 15) is 4.79 Å². The first-order valence-electron chi connectivity index (χ1n) is 12.3. The minimum atomic E-state index is -0.279. The third-order valence-corrected chi connectivity index (χ3v) is 6.24. The van der Waals surface area contributed by atoms with E-state index in [4.69, 9.17) is 13.9 Å². The van der Waals surface area contributed by atoms with E-state index in [-0.39, 0.29) is 18.4 Å². The van der Waals surface area contributed by atoms with Crippen LogP contribution in [0.2, 0.25) is 0 Å². The van der Waals surface area contributed by atoms with Gasteiger partial charge >= 0.3 is 0 Å². The van der Waals surface area contributed by atoms with Crippen LogP contribution in [0.15, 0.2) is 77.7 Å². The van der Waals surface area contributed by atoms with Gasteiger partial charge in [0, 0.05) is 32.0 Å². The number of nitrogens with zero attached hydrogens (tertiary/aromatic N) is 3. The van der Waals surface area contributed by atoms with E-state index in [0.717, 1.165) is 22.6 Å². The molecule has 1 amide bonds. The maximum Gasteiger partial charge on any atom is 0.273 e. The summed E-state index contributed by atoms with van der Waals surface area (Å²) in [5, 5.41) is 2.87. The Balaban J connectivity index is 1.29. The minimum Gasteiger partial charge on any atom is -0.454 e. The molecule has 2 aromatic heterocycles. The van der Waals surface area contributed by atoms with Crippen molar-refractivity contribution < 1.29 is 18.7 Å². The largest absolute Gasteiger partial charge is 0.454 e. The van der Waals surface area contributed by atoms with Crippen LogP contribution in [0.4, 0.5) is 0 Å². The average Bonchev–Trinajstić information content (AvgIpc) is 3.57. The first-order valence-corrected chi connectivity index (χ1v) is 12.3. The molecule has 0 spiro atoms. The van der Waals surface area contributed by atoms with Gasteiger partial charge in [-0.2, -0.15) is 0 Å². The van der Waals surface area contributed by atoms with Gasteiger partial charge in [0.05, 0.1) is 6.54 Å². The number of amides is 1. The molecule has 0 saturated carbocycles. The lowest BCUT2D eigenvalue weighted by Crippen LogP contribution is -2.24. The van der Waals surface area contributed by atoms with Crippen molar-refractivity contribution in [3.8, 4) is 11.5 Å². The van der Waals surface area contributed by atoms with Crippen molar-refractivity contribution in [3.63, 3.8) is 0 Å². The molecule has 0 unspecified atom stereocenters. The molecular formula is C29H30N4O4. The van der Waals surface area contributed by atoms with Crippen LogP contribution in [0.1, 0.15) is 58.4 Å². The quantitative estimate of drug-likeness (QED) is 0.327. The summed E-state index contributed by atoms with van der Waals surface area (Å²) in [6, 6.07) is 18.4. The number of pyridine rings is 1. The van der Waals surface area contributed by atoms with Crippen molar-refractivity contribution in [2.75, 3.05) is 6.79 Å². The summed E-state index contributed by atoms with van der Waals surface area (Å²) in [4.78, 5) is 23.3. The Morgan fingerprint density at radius 1 is 0.919 bits per heavy atom. The van der Waals surface area contributed by atoms with Crippen LogP contribution in [0.3, 0.4) is 0 Å². The SMILES string of the molecule is CC(C)c1ccc(CN(Cc2ccc3c(c2)OCO3)Cc2nc(C(=O)NCc3ccncc3)co2)cc1. The molecule has 1 N–H and O–H groups in total. The zero-order valence-corrected chi connectivity index (χ0v) is 21.0. The Hall–Kier alpha value is -4.17. The summed E-state index contributed by atoms with van der Waals surface area (Å²) in [7, 11) is 0. The number of hydrogen-bond donors (Lipinski definition) is 1. The number of nitrogens with one attached hydrogen (secondary N) is 1. The highest BCUT2D eigenvalue weighted by Gasteiger charge is 2.18. The van der Waals surface area contributed by atoms with Gasteiger partial charge in [-0.1, -0.05) is 44.2 Å². The van der Waals surface area contributed by atoms with Crippen molar-refractivity contribution >= 4 is 5.91 Å². The summed E-state index contributed by atoms with van der Waals surface area (Å²) in [5.74, 6) is 2.19. The van der Waals surface area contributed by atoms with E-state index in [0.29, 0.717) is 38.0 Å². The van der Waals surface area contributed by atoms with Crippen molar-refractivity contribution in [3.05, 3.63) is 107 Å². The lowest BCUT2D eigenvalue weighted by molar-refractivity contribution is 0.0945. The van der Waals surface area contributed by atoms with Gasteiger partial charge in [-0.15, -0.1) is 0 Å². The number of aromatic nitrogens is 2. The van der Waals surface area contributed by atoms with Crippen LogP contribution in [0.25, 0.3) is 0 Å². The normalized spacial score (nSPS) is 12.3. The second-order valence-electron chi connectivity index (χ2n) is 9.39. The molecule has 4 aromatic rings. The van der Waals surface area contributed by atoms with Crippen molar-refractivity contribution in [1.29, 1.82) is 0 Å². The van der Waals surface area contributed by atoms with Gasteiger partial charge in [0.25, 0.3) is 5.91 Å². The molecule has 8 nitrogen and oxygen atoms in total. The van der Waals surface area contributed by atoms with Crippen LogP contribution >= 0.6 is 0 Å². The zero-order valence-electron chi connectivity index (χ0n) is 21.0. The standard InChI is InChI=1S/C29H30N4O4/c1-20(2)24-6-3-22(4-7-24)15-33(16-23-5-8-26-27(13-23)37-19-36-26)17-28-32-25(18-35-28)29(34)31-14-21-9-11-30-12-10-21/h3-13,18,20H,14-17,19H2,1-2H3,(H,31,34). The number of carbonyl (C=O) groups excluding carboxylic acids is 1. The lowest BCUT2D eigenvalue weighted by Gasteiger charge is -2.21. The molecule has 8 heteroatoms. The first kappa shape index (κ1) is 24.5. The molecule has 0 saturated heterocycles. The summed E-state index contributed by atoms with van der Waals surface area (Å²) in [6.07, 6.45) is 4.80. The van der Waals surface area contributed by atoms with Gasteiger partial charge in [-0.05, 0) is 52.4 Å². The van der Waals surface area contributed by atoms with E-state index >= 15 is 0 Å². The Bertz CT molecular complexity index is 1340. The predicted octanol–water partition coefficient (Wildman–Crippen LogP) is 5.05. The third kappa shape index (κ3) is 6.34. The monoisotopic (exact) mass is 498 g/mol. The Morgan fingerprint density at radius 2 is 1.65 bits per heavy atom. The van der Waals surface area contributed by atoms with Gasteiger partial charge in [0.1, 0.15) is 6.26 Å². The van der Waals surface area contributed by atoms with Crippen LogP contribution in [0, 0.1) is 0 Å². The molecule has 2 aromatic carbocycles. The fourth-order valence-corrected chi connectivity index (χ4v) is 4.18. The number of hydrogen-bond acceptors (Lipinski definition) is 7. The maximum atomic E-state index is 12.6. The van der Waals surface area contributed by atoms with E-state index < -0.39 is 0 Å². The van der Waals surface area contributed by atoms with Gasteiger partial charge in [-0.3, -0.25) is 14.7 Å². The van der Waals surface area contributed by atoms with Gasteiger partial charge in [-0.25, -0.2) is 4.98 Å². The van der Waals surface area contributed by atoms with Crippen molar-refractivity contribution in [1.82, 2.24) is 20.2 Å². The van der Waals surface area contributed by atoms with E-state index in [1.165, 1.54) is 17.4 Å². The molecule has 0 radical (unpaired) electrons. The molecule has 0 fully saturated rings. The van der Waals surface area contributed by atoms with E-state index in [1.54, 1.807) is 12.4 Å². The van der Waals surface area contributed by atoms with Crippen LogP contribution in [-0.2, 0) is 26.2 Å². The van der Waals surface area contributed by atoms with Crippen LogP contribution < -0.4 is 14.8 Å². The average molecular weight is 499 g/mol. The molecule has 0 atom stereocenters. The second-order valence-corrected chi connectivity index (χ2v) is 9.39. The summed E-state index contributed by atoms with van der Waals surface area (Å²) < 4.78 is 16.7. The van der Waals surface area contributed by atoms with Crippen molar-refractivity contribution in [2.45, 2.75) is 45.9 Å². The van der Waals surface area contributed by atoms with Crippen LogP contribution in [-0.4, -0.2) is 27.6 Å². The molecular weight excluding hydrogens is 468 g/mol. The van der Waals surface area contributed by atoms with Gasteiger partial charge in [0.15, 0.2) is 17.2 Å². The van der Waals surface area contributed by atoms with E-state index in [2.05, 4.69) is 58.3 Å². The number of rotatable bonds is 10. The number of oxazole rings is 1. The Labute approximate surface area is 216 Å². The number of ether oxygens (including phenoxy) is 2. The maximum absolute atomic E-state index is 12.6. The minimum absolute atomic E-state index is 0.243. The molecule has 0 bridgehead atoms. The van der Waals surface area contributed by atoms with Crippen molar-refractivity contribution in [2.24, 2.45) is 0 Å². The van der Waals surface area contributed by atoms with Gasteiger partial charge < -0.3 is 19.2 Å². The highest BCUT2D eigenvalue weighted by molar-refractivity contribution is 5.91. The first-order chi connectivity index (χ1) is 18.0. The smallest absolute Gasteiger partial charge is 0.273 e. The van der Waals surface area contributed by atoms with Crippen LogP contribution in [0.5, 0.6) is 11.5 Å². The number of carbonyl (C=O) groups is 1. The second kappa shape index (κ2) is 11.3. The topological polar surface area (TPSA) is 89.7 Å². The highest BCUT2D eigenvalue weighted by Crippen LogP contribution is 2.33. The molecule has 3 heterocycles. The predicted molar refractivity (Wildman–Crippen MR) is 138 cm³/mol. The lowest BCUT2D eigenvalue weighted by atomic mass is 10.0. The molecule has 0 aliphatic carbocycles. The highest BCUT2D eigenvalue weighted by atomic mass is 16.7. The molecule has 1 aliphatic heterocycles. The number of benzene rings is 2. The fraction of sp³-hybridized carbons (Fsp3) is 0.276. The summed E-state index contributed by atoms with van der Waals surface area (Å²) in [6.45, 7) is 6.80. The van der Waals surface area contributed by atoms with Gasteiger partial charge in [0.2, 0.25) is 12.7 Å². The third-order valence-electron chi connectivity index (χ3n) is 6.24.